The van der Waals surface area contributed by atoms with Crippen molar-refractivity contribution in [2.45, 2.75) is 20.0 Å². The summed E-state index contributed by atoms with van der Waals surface area (Å²) in [6.07, 6.45) is 0.699. The van der Waals surface area contributed by atoms with Crippen LogP contribution >= 0.6 is 11.6 Å². The molecule has 0 bridgehead atoms. The van der Waals surface area contributed by atoms with E-state index in [1.807, 2.05) is 0 Å². The zero-order valence-corrected chi connectivity index (χ0v) is 13.2. The van der Waals surface area contributed by atoms with Gasteiger partial charge in [-0.2, -0.15) is 0 Å². The van der Waals surface area contributed by atoms with E-state index in [2.05, 4.69) is 10.3 Å². The molecule has 120 valence electrons. The van der Waals surface area contributed by atoms with Crippen LogP contribution in [0.2, 0.25) is 5.15 Å². The zero-order chi connectivity index (χ0) is 17.0. The number of carbonyl (C=O) groups is 1. The number of benzene rings is 1. The Bertz CT molecular complexity index is 751. The lowest BCUT2D eigenvalue weighted by atomic mass is 10.2. The molecule has 0 saturated heterocycles. The van der Waals surface area contributed by atoms with Gasteiger partial charge in [-0.05, 0) is 38.1 Å². The maximum atomic E-state index is 12.1. The number of pyridine rings is 1. The van der Waals surface area contributed by atoms with Gasteiger partial charge in [0.05, 0.1) is 10.6 Å². The summed E-state index contributed by atoms with van der Waals surface area (Å²) in [5.74, 6) is -0.0380. The topological polar surface area (TPSA) is 94.4 Å². The molecule has 1 aromatic carbocycles. The van der Waals surface area contributed by atoms with E-state index < -0.39 is 16.9 Å². The zero-order valence-electron chi connectivity index (χ0n) is 12.4. The molecular formula is C15H14ClN3O4. The number of aryl methyl sites for hydroxylation is 1. The number of nitro groups is 1. The normalized spacial score (nSPS) is 11.6. The van der Waals surface area contributed by atoms with E-state index >= 15 is 0 Å². The number of halogens is 1. The number of ether oxygens (including phenoxy) is 1. The first-order chi connectivity index (χ1) is 10.9. The van der Waals surface area contributed by atoms with Gasteiger partial charge >= 0.3 is 0 Å². The molecule has 2 aromatic rings. The molecule has 0 aliphatic rings. The Balaban J connectivity index is 2.05. The van der Waals surface area contributed by atoms with Crippen LogP contribution in [0.4, 0.5) is 11.4 Å². The lowest BCUT2D eigenvalue weighted by molar-refractivity contribution is -0.385. The summed E-state index contributed by atoms with van der Waals surface area (Å²) in [6, 6.07) is 7.57. The van der Waals surface area contributed by atoms with Crippen molar-refractivity contribution in [3.05, 3.63) is 57.4 Å². The van der Waals surface area contributed by atoms with Crippen LogP contribution in [-0.4, -0.2) is 21.9 Å². The third-order valence-electron chi connectivity index (χ3n) is 3.06. The molecule has 7 nitrogen and oxygen atoms in total. The molecule has 0 aliphatic heterocycles. The third kappa shape index (κ3) is 4.17. The number of amides is 1. The molecule has 1 amide bonds. The van der Waals surface area contributed by atoms with Crippen molar-refractivity contribution in [2.75, 3.05) is 5.32 Å². The van der Waals surface area contributed by atoms with Gasteiger partial charge in [-0.15, -0.1) is 0 Å². The maximum absolute atomic E-state index is 12.1. The molecule has 0 spiro atoms. The van der Waals surface area contributed by atoms with Gasteiger partial charge < -0.3 is 10.1 Å². The number of hydrogen-bond donors (Lipinski definition) is 1. The Morgan fingerprint density at radius 2 is 2.17 bits per heavy atom. The van der Waals surface area contributed by atoms with Crippen LogP contribution in [0.25, 0.3) is 0 Å². The van der Waals surface area contributed by atoms with Crippen LogP contribution in [-0.2, 0) is 4.79 Å². The van der Waals surface area contributed by atoms with E-state index in [1.54, 1.807) is 26.0 Å². The molecule has 2 rings (SSSR count). The van der Waals surface area contributed by atoms with Gasteiger partial charge in [0.2, 0.25) is 0 Å². The number of anilines is 1. The Kier molecular flexibility index (Phi) is 5.13. The van der Waals surface area contributed by atoms with Crippen molar-refractivity contribution < 1.29 is 14.5 Å². The second-order valence-electron chi connectivity index (χ2n) is 4.80. The SMILES string of the molecule is Cc1cc(O[C@H](C)C(=O)Nc2cccnc2Cl)ccc1[N+](=O)[O-]. The average Bonchev–Trinajstić information content (AvgIpc) is 2.49. The van der Waals surface area contributed by atoms with Crippen LogP contribution in [0.3, 0.4) is 0 Å². The van der Waals surface area contributed by atoms with Crippen LogP contribution in [0.15, 0.2) is 36.5 Å². The Morgan fingerprint density at radius 1 is 1.43 bits per heavy atom. The highest BCUT2D eigenvalue weighted by atomic mass is 35.5. The monoisotopic (exact) mass is 335 g/mol. The second kappa shape index (κ2) is 7.06. The number of nitrogens with one attached hydrogen (secondary N) is 1. The minimum absolute atomic E-state index is 0.00315. The minimum atomic E-state index is -0.813. The molecule has 0 saturated carbocycles. The summed E-state index contributed by atoms with van der Waals surface area (Å²) in [4.78, 5) is 26.3. The van der Waals surface area contributed by atoms with E-state index in [1.165, 1.54) is 24.4 Å². The predicted molar refractivity (Wildman–Crippen MR) is 85.8 cm³/mol. The van der Waals surface area contributed by atoms with E-state index in [0.717, 1.165) is 0 Å². The predicted octanol–water partition coefficient (Wildman–Crippen LogP) is 3.36. The summed E-state index contributed by atoms with van der Waals surface area (Å²) in [7, 11) is 0. The van der Waals surface area contributed by atoms with Crippen molar-refractivity contribution in [1.29, 1.82) is 0 Å². The van der Waals surface area contributed by atoms with E-state index in [0.29, 0.717) is 17.0 Å². The Morgan fingerprint density at radius 3 is 2.78 bits per heavy atom. The summed E-state index contributed by atoms with van der Waals surface area (Å²) in [6.45, 7) is 3.17. The molecule has 0 fully saturated rings. The fourth-order valence-electron chi connectivity index (χ4n) is 1.88. The summed E-state index contributed by atoms with van der Waals surface area (Å²) in [5.41, 5.74) is 0.835. The molecule has 0 radical (unpaired) electrons. The first-order valence-corrected chi connectivity index (χ1v) is 7.09. The van der Waals surface area contributed by atoms with Crippen molar-refractivity contribution in [3.8, 4) is 5.75 Å². The minimum Gasteiger partial charge on any atom is -0.481 e. The number of nitrogens with zero attached hydrogens (tertiary/aromatic N) is 2. The fraction of sp³-hybridized carbons (Fsp3) is 0.200. The highest BCUT2D eigenvalue weighted by Crippen LogP contribution is 2.24. The molecule has 1 atom stereocenters. The van der Waals surface area contributed by atoms with E-state index in [-0.39, 0.29) is 10.8 Å². The van der Waals surface area contributed by atoms with Crippen molar-refractivity contribution in [2.24, 2.45) is 0 Å². The number of nitro benzene ring substituents is 1. The van der Waals surface area contributed by atoms with E-state index in [4.69, 9.17) is 16.3 Å². The molecule has 8 heteroatoms. The summed E-state index contributed by atoms with van der Waals surface area (Å²) in [5, 5.41) is 13.6. The van der Waals surface area contributed by atoms with Gasteiger partial charge in [-0.3, -0.25) is 14.9 Å². The maximum Gasteiger partial charge on any atom is 0.272 e. The highest BCUT2D eigenvalue weighted by molar-refractivity contribution is 6.32. The van der Waals surface area contributed by atoms with Crippen molar-refractivity contribution in [1.82, 2.24) is 4.98 Å². The first kappa shape index (κ1) is 16.7. The highest BCUT2D eigenvalue weighted by Gasteiger charge is 2.18. The molecule has 0 unspecified atom stereocenters. The molecule has 23 heavy (non-hydrogen) atoms. The Labute approximate surface area is 137 Å². The standard InChI is InChI=1S/C15H14ClN3O4/c1-9-8-11(5-6-13(9)19(21)22)23-10(2)15(20)18-12-4-3-7-17-14(12)16/h3-8,10H,1-2H3,(H,18,20)/t10-/m1/s1. The number of carbonyl (C=O) groups excluding carboxylic acids is 1. The van der Waals surface area contributed by atoms with Crippen molar-refractivity contribution >= 4 is 28.9 Å². The quantitative estimate of drug-likeness (QED) is 0.513. The molecule has 0 aliphatic carbocycles. The van der Waals surface area contributed by atoms with Gasteiger partial charge in [-0.1, -0.05) is 11.6 Å². The molecule has 1 N–H and O–H groups in total. The van der Waals surface area contributed by atoms with Gasteiger partial charge in [0.25, 0.3) is 11.6 Å². The van der Waals surface area contributed by atoms with E-state index in [9.17, 15) is 14.9 Å². The Hall–Kier alpha value is -2.67. The van der Waals surface area contributed by atoms with Gasteiger partial charge in [0, 0.05) is 17.8 Å². The summed E-state index contributed by atoms with van der Waals surface area (Å²) < 4.78 is 5.51. The largest absolute Gasteiger partial charge is 0.481 e. The first-order valence-electron chi connectivity index (χ1n) is 6.71. The van der Waals surface area contributed by atoms with Gasteiger partial charge in [-0.25, -0.2) is 4.98 Å². The molecule has 1 aromatic heterocycles. The summed E-state index contributed by atoms with van der Waals surface area (Å²) >= 11 is 5.87. The smallest absolute Gasteiger partial charge is 0.272 e. The number of hydrogen-bond acceptors (Lipinski definition) is 5. The van der Waals surface area contributed by atoms with Gasteiger partial charge in [0.15, 0.2) is 11.3 Å². The number of rotatable bonds is 5. The molecular weight excluding hydrogens is 322 g/mol. The molecule has 1 heterocycles. The third-order valence-corrected chi connectivity index (χ3v) is 3.37. The van der Waals surface area contributed by atoms with Gasteiger partial charge in [0.1, 0.15) is 5.75 Å². The van der Waals surface area contributed by atoms with Crippen LogP contribution in [0, 0.1) is 17.0 Å². The fourth-order valence-corrected chi connectivity index (χ4v) is 2.04. The van der Waals surface area contributed by atoms with Crippen LogP contribution in [0.1, 0.15) is 12.5 Å². The second-order valence-corrected chi connectivity index (χ2v) is 5.15. The average molecular weight is 336 g/mol. The van der Waals surface area contributed by atoms with Crippen molar-refractivity contribution in [3.63, 3.8) is 0 Å². The number of aromatic nitrogens is 1. The lowest BCUT2D eigenvalue weighted by Crippen LogP contribution is -2.30. The lowest BCUT2D eigenvalue weighted by Gasteiger charge is -2.15. The van der Waals surface area contributed by atoms with Crippen LogP contribution in [0.5, 0.6) is 5.75 Å². The van der Waals surface area contributed by atoms with Crippen LogP contribution < -0.4 is 10.1 Å².